The molecule has 0 amide bonds. The maximum atomic E-state index is 5.78. The van der Waals surface area contributed by atoms with Gasteiger partial charge in [0, 0.05) is 18.2 Å². The zero-order valence-electron chi connectivity index (χ0n) is 10.1. The van der Waals surface area contributed by atoms with Crippen LogP contribution in [0.15, 0.2) is 0 Å². The van der Waals surface area contributed by atoms with Gasteiger partial charge in [0.2, 0.25) is 0 Å². The summed E-state index contributed by atoms with van der Waals surface area (Å²) in [5.41, 5.74) is 8.50. The lowest BCUT2D eigenvalue weighted by Gasteiger charge is -2.29. The molecule has 0 spiro atoms. The fourth-order valence-electron chi connectivity index (χ4n) is 3.00. The molecule has 2 heterocycles. The highest BCUT2D eigenvalue weighted by molar-refractivity contribution is 5.21. The average molecular weight is 219 g/mol. The van der Waals surface area contributed by atoms with Crippen molar-refractivity contribution >= 4 is 0 Å². The van der Waals surface area contributed by atoms with Crippen LogP contribution in [0.5, 0.6) is 0 Å². The monoisotopic (exact) mass is 219 g/mol. The standard InChI is InChI=1S/C13H21N3/c1-9-12-7-10(8-14)5-6-16(12)13(15-9)11-3-2-4-11/h10-11H,2-8,14H2,1H3. The Bertz CT molecular complexity index is 390. The van der Waals surface area contributed by atoms with E-state index in [0.29, 0.717) is 5.92 Å². The Kier molecular flexibility index (Phi) is 2.51. The summed E-state index contributed by atoms with van der Waals surface area (Å²) in [5, 5.41) is 0. The molecule has 16 heavy (non-hydrogen) atoms. The van der Waals surface area contributed by atoms with Gasteiger partial charge in [0.25, 0.3) is 0 Å². The molecule has 1 atom stereocenters. The van der Waals surface area contributed by atoms with E-state index < -0.39 is 0 Å². The van der Waals surface area contributed by atoms with Gasteiger partial charge in [0.15, 0.2) is 0 Å². The number of nitrogens with zero attached hydrogens (tertiary/aromatic N) is 2. The van der Waals surface area contributed by atoms with Gasteiger partial charge >= 0.3 is 0 Å². The Morgan fingerprint density at radius 1 is 1.38 bits per heavy atom. The predicted octanol–water partition coefficient (Wildman–Crippen LogP) is 1.98. The fourth-order valence-corrected chi connectivity index (χ4v) is 3.00. The van der Waals surface area contributed by atoms with Crippen LogP contribution in [-0.2, 0) is 13.0 Å². The molecule has 3 rings (SSSR count). The Morgan fingerprint density at radius 3 is 2.81 bits per heavy atom. The second kappa shape index (κ2) is 3.88. The number of hydrogen-bond donors (Lipinski definition) is 1. The predicted molar refractivity (Wildman–Crippen MR) is 64.4 cm³/mol. The quantitative estimate of drug-likeness (QED) is 0.826. The summed E-state index contributed by atoms with van der Waals surface area (Å²) in [7, 11) is 0. The van der Waals surface area contributed by atoms with E-state index >= 15 is 0 Å². The minimum atomic E-state index is 0.678. The van der Waals surface area contributed by atoms with Gasteiger partial charge in [0.1, 0.15) is 5.82 Å². The molecule has 0 saturated heterocycles. The van der Waals surface area contributed by atoms with E-state index in [2.05, 4.69) is 11.5 Å². The highest BCUT2D eigenvalue weighted by Crippen LogP contribution is 2.38. The molecule has 0 bridgehead atoms. The minimum absolute atomic E-state index is 0.678. The van der Waals surface area contributed by atoms with E-state index in [9.17, 15) is 0 Å². The normalized spacial score (nSPS) is 25.2. The zero-order chi connectivity index (χ0) is 11.1. The van der Waals surface area contributed by atoms with E-state index in [0.717, 1.165) is 25.4 Å². The highest BCUT2D eigenvalue weighted by atomic mass is 15.1. The van der Waals surface area contributed by atoms with Gasteiger partial charge in [-0.1, -0.05) is 6.42 Å². The van der Waals surface area contributed by atoms with Gasteiger partial charge in [-0.15, -0.1) is 0 Å². The van der Waals surface area contributed by atoms with E-state index in [1.807, 2.05) is 0 Å². The van der Waals surface area contributed by atoms with Crippen LogP contribution in [0.3, 0.4) is 0 Å². The molecular weight excluding hydrogens is 198 g/mol. The third-order valence-corrected chi connectivity index (χ3v) is 4.35. The van der Waals surface area contributed by atoms with Crippen molar-refractivity contribution in [1.29, 1.82) is 0 Å². The molecule has 3 heteroatoms. The first kappa shape index (κ1) is 10.3. The number of fused-ring (bicyclic) bond motifs is 1. The molecule has 2 aliphatic rings. The van der Waals surface area contributed by atoms with Crippen LogP contribution in [0.25, 0.3) is 0 Å². The molecule has 1 saturated carbocycles. The van der Waals surface area contributed by atoms with Crippen LogP contribution in [0.2, 0.25) is 0 Å². The van der Waals surface area contributed by atoms with Crippen LogP contribution < -0.4 is 5.73 Å². The number of imidazole rings is 1. The average Bonchev–Trinajstić information content (AvgIpc) is 2.54. The summed E-state index contributed by atoms with van der Waals surface area (Å²) < 4.78 is 2.49. The van der Waals surface area contributed by atoms with Crippen molar-refractivity contribution in [3.63, 3.8) is 0 Å². The van der Waals surface area contributed by atoms with Gasteiger partial charge in [-0.2, -0.15) is 0 Å². The van der Waals surface area contributed by atoms with E-state index in [4.69, 9.17) is 10.7 Å². The van der Waals surface area contributed by atoms with Crippen molar-refractivity contribution in [3.8, 4) is 0 Å². The summed E-state index contributed by atoms with van der Waals surface area (Å²) in [6, 6.07) is 0. The van der Waals surface area contributed by atoms with E-state index in [-0.39, 0.29) is 0 Å². The van der Waals surface area contributed by atoms with E-state index in [1.54, 1.807) is 0 Å². The van der Waals surface area contributed by atoms with Crippen LogP contribution in [0.1, 0.15) is 48.8 Å². The molecule has 2 N–H and O–H groups in total. The molecule has 3 nitrogen and oxygen atoms in total. The Balaban J connectivity index is 1.93. The lowest BCUT2D eigenvalue weighted by atomic mass is 9.84. The molecule has 1 unspecified atom stereocenters. The summed E-state index contributed by atoms with van der Waals surface area (Å²) in [4.78, 5) is 4.81. The van der Waals surface area contributed by atoms with Gasteiger partial charge in [0.05, 0.1) is 5.69 Å². The Hall–Kier alpha value is -0.830. The molecular formula is C13H21N3. The number of hydrogen-bond acceptors (Lipinski definition) is 2. The molecule has 1 fully saturated rings. The summed E-state index contributed by atoms with van der Waals surface area (Å²) in [5.74, 6) is 2.80. The van der Waals surface area contributed by atoms with Gasteiger partial charge < -0.3 is 10.3 Å². The highest BCUT2D eigenvalue weighted by Gasteiger charge is 2.29. The second-order valence-corrected chi connectivity index (χ2v) is 5.38. The molecule has 0 aromatic carbocycles. The van der Waals surface area contributed by atoms with Crippen molar-refractivity contribution < 1.29 is 0 Å². The van der Waals surface area contributed by atoms with Crippen molar-refractivity contribution in [1.82, 2.24) is 9.55 Å². The maximum absolute atomic E-state index is 5.78. The lowest BCUT2D eigenvalue weighted by molar-refractivity contribution is 0.349. The molecule has 1 aliphatic heterocycles. The van der Waals surface area contributed by atoms with Crippen LogP contribution >= 0.6 is 0 Å². The third-order valence-electron chi connectivity index (χ3n) is 4.35. The van der Waals surface area contributed by atoms with Crippen molar-refractivity contribution in [2.24, 2.45) is 11.7 Å². The largest absolute Gasteiger partial charge is 0.332 e. The van der Waals surface area contributed by atoms with Crippen molar-refractivity contribution in [3.05, 3.63) is 17.2 Å². The summed E-state index contributed by atoms with van der Waals surface area (Å²) in [6.07, 6.45) is 6.45. The molecule has 1 aromatic rings. The molecule has 0 radical (unpaired) electrons. The first-order chi connectivity index (χ1) is 7.79. The van der Waals surface area contributed by atoms with Crippen LogP contribution in [0, 0.1) is 12.8 Å². The van der Waals surface area contributed by atoms with Gasteiger partial charge in [-0.3, -0.25) is 0 Å². The topological polar surface area (TPSA) is 43.8 Å². The molecule has 88 valence electrons. The first-order valence-corrected chi connectivity index (χ1v) is 6.55. The third kappa shape index (κ3) is 1.49. The smallest absolute Gasteiger partial charge is 0.112 e. The van der Waals surface area contributed by atoms with Crippen LogP contribution in [-0.4, -0.2) is 16.1 Å². The van der Waals surface area contributed by atoms with E-state index in [1.165, 1.54) is 42.9 Å². The Labute approximate surface area is 97.0 Å². The number of nitrogens with two attached hydrogens (primary N) is 1. The zero-order valence-corrected chi connectivity index (χ0v) is 10.1. The first-order valence-electron chi connectivity index (χ1n) is 6.55. The fraction of sp³-hybridized carbons (Fsp3) is 0.769. The lowest BCUT2D eigenvalue weighted by Crippen LogP contribution is -2.27. The number of aromatic nitrogens is 2. The second-order valence-electron chi connectivity index (χ2n) is 5.38. The number of aryl methyl sites for hydroxylation is 1. The van der Waals surface area contributed by atoms with Gasteiger partial charge in [-0.05, 0) is 45.1 Å². The number of rotatable bonds is 2. The van der Waals surface area contributed by atoms with Crippen LogP contribution in [0.4, 0.5) is 0 Å². The summed E-state index contributed by atoms with van der Waals surface area (Å²) in [6.45, 7) is 4.13. The maximum Gasteiger partial charge on any atom is 0.112 e. The summed E-state index contributed by atoms with van der Waals surface area (Å²) >= 11 is 0. The molecule has 1 aromatic heterocycles. The SMILES string of the molecule is Cc1nc(C2CCC2)n2c1CC(CN)CC2. The minimum Gasteiger partial charge on any atom is -0.332 e. The van der Waals surface area contributed by atoms with Gasteiger partial charge in [-0.25, -0.2) is 4.98 Å². The molecule has 1 aliphatic carbocycles. The Morgan fingerprint density at radius 2 is 2.19 bits per heavy atom. The van der Waals surface area contributed by atoms with Crippen molar-refractivity contribution in [2.45, 2.75) is 51.5 Å². The van der Waals surface area contributed by atoms with Crippen molar-refractivity contribution in [2.75, 3.05) is 6.54 Å².